The van der Waals surface area contributed by atoms with Gasteiger partial charge in [-0.05, 0) is 57.4 Å². The second-order valence-corrected chi connectivity index (χ2v) is 7.08. The number of nitrogens with one attached hydrogen (secondary N) is 1. The van der Waals surface area contributed by atoms with E-state index in [4.69, 9.17) is 0 Å². The number of hydrogen-bond donors (Lipinski definition) is 1. The molecule has 1 saturated heterocycles. The summed E-state index contributed by atoms with van der Waals surface area (Å²) in [7, 11) is 0. The van der Waals surface area contributed by atoms with Gasteiger partial charge in [0.2, 0.25) is 5.91 Å². The molecule has 0 atom stereocenters. The number of halogens is 1. The van der Waals surface area contributed by atoms with Gasteiger partial charge < -0.3 is 15.1 Å². The number of likely N-dealkylation sites (tertiary alicyclic amines) is 1. The minimum Gasteiger partial charge on any atom is -0.326 e. The van der Waals surface area contributed by atoms with Crippen LogP contribution < -0.4 is 5.32 Å². The Balaban J connectivity index is 1.89. The maximum absolute atomic E-state index is 12.5. The first-order valence-electron chi connectivity index (χ1n) is 8.57. The molecule has 0 bridgehead atoms. The van der Waals surface area contributed by atoms with Crippen molar-refractivity contribution in [3.05, 3.63) is 28.2 Å². The zero-order valence-corrected chi connectivity index (χ0v) is 16.2. The lowest BCUT2D eigenvalue weighted by molar-refractivity contribution is -0.121. The van der Waals surface area contributed by atoms with Crippen LogP contribution in [0.3, 0.4) is 0 Å². The predicted octanol–water partition coefficient (Wildman–Crippen LogP) is 3.87. The van der Waals surface area contributed by atoms with Crippen molar-refractivity contribution in [2.45, 2.75) is 33.6 Å². The fraction of sp³-hybridized carbons (Fsp3) is 0.556. The summed E-state index contributed by atoms with van der Waals surface area (Å²) in [5.41, 5.74) is 1.89. The molecule has 0 radical (unpaired) electrons. The zero-order valence-electron chi connectivity index (χ0n) is 14.6. The van der Waals surface area contributed by atoms with Crippen molar-refractivity contribution < 1.29 is 9.59 Å². The highest BCUT2D eigenvalue weighted by Crippen LogP contribution is 2.23. The molecule has 3 amide bonds. The summed E-state index contributed by atoms with van der Waals surface area (Å²) < 4.78 is 1.00. The highest BCUT2D eigenvalue weighted by Gasteiger charge is 2.29. The van der Waals surface area contributed by atoms with E-state index in [0.29, 0.717) is 25.9 Å². The predicted molar refractivity (Wildman–Crippen MR) is 100 cm³/mol. The number of urea groups is 1. The number of nitrogens with zero attached hydrogens (tertiary/aromatic N) is 2. The van der Waals surface area contributed by atoms with Gasteiger partial charge in [0, 0.05) is 42.3 Å². The Hall–Kier alpha value is -1.56. The van der Waals surface area contributed by atoms with Crippen LogP contribution in [-0.2, 0) is 4.79 Å². The Morgan fingerprint density at radius 2 is 1.88 bits per heavy atom. The first-order chi connectivity index (χ1) is 11.5. The van der Waals surface area contributed by atoms with Crippen molar-refractivity contribution in [3.63, 3.8) is 0 Å². The molecule has 1 heterocycles. The van der Waals surface area contributed by atoms with Crippen molar-refractivity contribution >= 4 is 33.6 Å². The van der Waals surface area contributed by atoms with Gasteiger partial charge in [0.1, 0.15) is 0 Å². The first kappa shape index (κ1) is 18.8. The van der Waals surface area contributed by atoms with E-state index in [1.165, 1.54) is 0 Å². The number of anilines is 1. The number of piperidine rings is 1. The van der Waals surface area contributed by atoms with Crippen molar-refractivity contribution in [2.24, 2.45) is 5.92 Å². The van der Waals surface area contributed by atoms with Crippen molar-refractivity contribution in [1.82, 2.24) is 9.80 Å². The van der Waals surface area contributed by atoms with Crippen LogP contribution in [0.25, 0.3) is 0 Å². The summed E-state index contributed by atoms with van der Waals surface area (Å²) in [6, 6.07) is 5.91. The SMILES string of the molecule is CCN(CC)C(=O)N1CCC(C(=O)Nc2ccc(Br)cc2C)CC1. The van der Waals surface area contributed by atoms with Gasteiger partial charge >= 0.3 is 6.03 Å². The van der Waals surface area contributed by atoms with Crippen LogP contribution in [-0.4, -0.2) is 47.9 Å². The summed E-state index contributed by atoms with van der Waals surface area (Å²) in [5.74, 6) is 0.0177. The van der Waals surface area contributed by atoms with E-state index < -0.39 is 0 Å². The Bertz CT molecular complexity index is 594. The van der Waals surface area contributed by atoms with Gasteiger partial charge in [-0.1, -0.05) is 15.9 Å². The number of benzene rings is 1. The molecule has 24 heavy (non-hydrogen) atoms. The second kappa shape index (κ2) is 8.51. The van der Waals surface area contributed by atoms with Crippen LogP contribution in [0.5, 0.6) is 0 Å². The lowest BCUT2D eigenvalue weighted by Gasteiger charge is -2.34. The molecular formula is C18H26BrN3O2. The molecular weight excluding hydrogens is 370 g/mol. The average Bonchev–Trinajstić information content (AvgIpc) is 2.58. The zero-order chi connectivity index (χ0) is 17.7. The van der Waals surface area contributed by atoms with Crippen molar-refractivity contribution in [2.75, 3.05) is 31.5 Å². The maximum atomic E-state index is 12.5. The molecule has 5 nitrogen and oxygen atoms in total. The lowest BCUT2D eigenvalue weighted by Crippen LogP contribution is -2.47. The number of carbonyl (C=O) groups excluding carboxylic acids is 2. The summed E-state index contributed by atoms with van der Waals surface area (Å²) in [5, 5.41) is 3.02. The van der Waals surface area contributed by atoms with Crippen molar-refractivity contribution in [3.8, 4) is 0 Å². The van der Waals surface area contributed by atoms with Gasteiger partial charge in [0.25, 0.3) is 0 Å². The van der Waals surface area contributed by atoms with E-state index in [0.717, 1.165) is 28.8 Å². The molecule has 1 aliphatic heterocycles. The Morgan fingerprint density at radius 1 is 1.25 bits per heavy atom. The monoisotopic (exact) mass is 395 g/mol. The Labute approximate surface area is 152 Å². The van der Waals surface area contributed by atoms with Crippen LogP contribution in [0.15, 0.2) is 22.7 Å². The number of amides is 3. The van der Waals surface area contributed by atoms with Crippen LogP contribution in [0.4, 0.5) is 10.5 Å². The molecule has 6 heteroatoms. The van der Waals surface area contributed by atoms with E-state index in [-0.39, 0.29) is 17.9 Å². The number of aryl methyl sites for hydroxylation is 1. The van der Waals surface area contributed by atoms with E-state index >= 15 is 0 Å². The summed E-state index contributed by atoms with van der Waals surface area (Å²) in [4.78, 5) is 28.5. The third-order valence-electron chi connectivity index (χ3n) is 4.62. The van der Waals surface area contributed by atoms with Gasteiger partial charge in [-0.15, -0.1) is 0 Å². The first-order valence-corrected chi connectivity index (χ1v) is 9.36. The van der Waals surface area contributed by atoms with E-state index in [1.807, 2.05) is 48.8 Å². The van der Waals surface area contributed by atoms with Crippen molar-refractivity contribution in [1.29, 1.82) is 0 Å². The molecule has 2 rings (SSSR count). The molecule has 1 aromatic carbocycles. The molecule has 0 saturated carbocycles. The second-order valence-electron chi connectivity index (χ2n) is 6.16. The standard InChI is InChI=1S/C18H26BrN3O2/c1-4-21(5-2)18(24)22-10-8-14(9-11-22)17(23)20-16-7-6-15(19)12-13(16)3/h6-7,12,14H,4-5,8-11H2,1-3H3,(H,20,23). The van der Waals surface area contributed by atoms with Gasteiger partial charge in [-0.25, -0.2) is 4.79 Å². The summed E-state index contributed by atoms with van der Waals surface area (Å²) >= 11 is 3.43. The van der Waals surface area contributed by atoms with Gasteiger partial charge in [0.15, 0.2) is 0 Å². The number of rotatable bonds is 4. The van der Waals surface area contributed by atoms with Crippen LogP contribution in [0, 0.1) is 12.8 Å². The van der Waals surface area contributed by atoms with Crippen LogP contribution >= 0.6 is 15.9 Å². The van der Waals surface area contributed by atoms with Gasteiger partial charge in [-0.3, -0.25) is 4.79 Å². The number of hydrogen-bond acceptors (Lipinski definition) is 2. The minimum atomic E-state index is -0.0335. The third kappa shape index (κ3) is 4.50. The fourth-order valence-electron chi connectivity index (χ4n) is 3.03. The summed E-state index contributed by atoms with van der Waals surface area (Å²) in [6.07, 6.45) is 1.43. The Morgan fingerprint density at radius 3 is 2.42 bits per heavy atom. The fourth-order valence-corrected chi connectivity index (χ4v) is 3.50. The molecule has 1 N–H and O–H groups in total. The topological polar surface area (TPSA) is 52.7 Å². The maximum Gasteiger partial charge on any atom is 0.319 e. The average molecular weight is 396 g/mol. The highest BCUT2D eigenvalue weighted by molar-refractivity contribution is 9.10. The van der Waals surface area contributed by atoms with Crippen LogP contribution in [0.1, 0.15) is 32.3 Å². The van der Waals surface area contributed by atoms with E-state index in [2.05, 4.69) is 21.2 Å². The molecule has 1 aliphatic rings. The quantitative estimate of drug-likeness (QED) is 0.840. The molecule has 0 aliphatic carbocycles. The molecule has 0 unspecified atom stereocenters. The molecule has 1 fully saturated rings. The van der Waals surface area contributed by atoms with Gasteiger partial charge in [0.05, 0.1) is 0 Å². The molecule has 1 aromatic rings. The molecule has 132 valence electrons. The molecule has 0 spiro atoms. The smallest absolute Gasteiger partial charge is 0.319 e. The highest BCUT2D eigenvalue weighted by atomic mass is 79.9. The van der Waals surface area contributed by atoms with Crippen LogP contribution in [0.2, 0.25) is 0 Å². The largest absolute Gasteiger partial charge is 0.326 e. The van der Waals surface area contributed by atoms with Gasteiger partial charge in [-0.2, -0.15) is 0 Å². The normalized spacial score (nSPS) is 15.2. The summed E-state index contributed by atoms with van der Waals surface area (Å²) in [6.45, 7) is 8.69. The Kier molecular flexibility index (Phi) is 6.66. The minimum absolute atomic E-state index is 0.0335. The van der Waals surface area contributed by atoms with E-state index in [9.17, 15) is 9.59 Å². The van der Waals surface area contributed by atoms with E-state index in [1.54, 1.807) is 0 Å². The third-order valence-corrected chi connectivity index (χ3v) is 5.11. The molecule has 0 aromatic heterocycles. The number of carbonyl (C=O) groups is 2. The lowest BCUT2D eigenvalue weighted by atomic mass is 9.96.